The Morgan fingerprint density at radius 2 is 1.78 bits per heavy atom. The van der Waals surface area contributed by atoms with E-state index in [9.17, 15) is 13.7 Å². The highest BCUT2D eigenvalue weighted by Gasteiger charge is 2.32. The summed E-state index contributed by atoms with van der Waals surface area (Å²) in [6.45, 7) is 2.00. The van der Waals surface area contributed by atoms with Gasteiger partial charge in [-0.2, -0.15) is 5.26 Å². The lowest BCUT2D eigenvalue weighted by atomic mass is 10.1. The largest absolute Gasteiger partial charge is 0.244 e. The number of sulfone groups is 1. The minimum absolute atomic E-state index is 0.00670. The molecule has 1 aromatic carbocycles. The van der Waals surface area contributed by atoms with E-state index in [1.54, 1.807) is 12.3 Å². The number of nitrogens with zero attached hydrogens (tertiary/aromatic N) is 2. The Morgan fingerprint density at radius 1 is 1.13 bits per heavy atom. The van der Waals surface area contributed by atoms with Gasteiger partial charge in [0.25, 0.3) is 0 Å². The third-order valence-electron chi connectivity index (χ3n) is 4.39. The maximum Gasteiger partial charge on any atom is 0.184 e. The van der Waals surface area contributed by atoms with Crippen LogP contribution < -0.4 is 0 Å². The van der Waals surface area contributed by atoms with Gasteiger partial charge in [0, 0.05) is 11.8 Å². The quantitative estimate of drug-likeness (QED) is 0.863. The zero-order valence-electron chi connectivity index (χ0n) is 13.0. The number of nitriles is 1. The molecule has 0 radical (unpaired) electrons. The van der Waals surface area contributed by atoms with Crippen molar-refractivity contribution in [2.24, 2.45) is 0 Å². The van der Waals surface area contributed by atoms with Crippen molar-refractivity contribution < 1.29 is 8.42 Å². The van der Waals surface area contributed by atoms with Crippen molar-refractivity contribution in [2.45, 2.75) is 42.8 Å². The van der Waals surface area contributed by atoms with Crippen molar-refractivity contribution in [1.82, 2.24) is 4.98 Å². The van der Waals surface area contributed by atoms with E-state index in [4.69, 9.17) is 0 Å². The first-order valence-corrected chi connectivity index (χ1v) is 9.28. The highest BCUT2D eigenvalue weighted by molar-refractivity contribution is 7.92. The third kappa shape index (κ3) is 2.99. The molecule has 4 nitrogen and oxygen atoms in total. The SMILES string of the molecule is Cc1ccc(-c2cnc(C#N)c(S(=O)(=O)C3CCCC3)c2)cc1. The van der Waals surface area contributed by atoms with Gasteiger partial charge in [-0.1, -0.05) is 42.7 Å². The van der Waals surface area contributed by atoms with Gasteiger partial charge in [-0.05, 0) is 31.4 Å². The fraction of sp³-hybridized carbons (Fsp3) is 0.333. The van der Waals surface area contributed by atoms with Crippen LogP contribution in [0, 0.1) is 18.3 Å². The minimum atomic E-state index is -3.51. The molecule has 0 spiro atoms. The van der Waals surface area contributed by atoms with E-state index in [0.717, 1.165) is 29.5 Å². The van der Waals surface area contributed by atoms with Crippen LogP contribution in [-0.2, 0) is 9.84 Å². The van der Waals surface area contributed by atoms with Crippen LogP contribution in [0.4, 0.5) is 0 Å². The summed E-state index contributed by atoms with van der Waals surface area (Å²) in [5.41, 5.74) is 2.75. The molecule has 1 fully saturated rings. The van der Waals surface area contributed by atoms with Gasteiger partial charge in [0.15, 0.2) is 15.5 Å². The number of hydrogen-bond acceptors (Lipinski definition) is 4. The predicted octanol–water partition coefficient (Wildman–Crippen LogP) is 3.65. The molecule has 0 N–H and O–H groups in total. The molecule has 5 heteroatoms. The van der Waals surface area contributed by atoms with E-state index in [1.165, 1.54) is 0 Å². The van der Waals surface area contributed by atoms with Crippen molar-refractivity contribution in [2.75, 3.05) is 0 Å². The summed E-state index contributed by atoms with van der Waals surface area (Å²) in [4.78, 5) is 4.17. The fourth-order valence-electron chi connectivity index (χ4n) is 3.03. The maximum absolute atomic E-state index is 12.9. The molecule has 0 bridgehead atoms. The molecule has 0 amide bonds. The Bertz CT molecular complexity index is 859. The molecule has 118 valence electrons. The molecule has 1 saturated carbocycles. The number of aromatic nitrogens is 1. The van der Waals surface area contributed by atoms with Gasteiger partial charge in [0.05, 0.1) is 5.25 Å². The molecule has 2 aromatic rings. The average Bonchev–Trinajstić information content (AvgIpc) is 3.10. The minimum Gasteiger partial charge on any atom is -0.244 e. The fourth-order valence-corrected chi connectivity index (χ4v) is 5.00. The summed E-state index contributed by atoms with van der Waals surface area (Å²) in [7, 11) is -3.51. The molecular weight excluding hydrogens is 308 g/mol. The van der Waals surface area contributed by atoms with Crippen molar-refractivity contribution in [3.8, 4) is 17.2 Å². The summed E-state index contributed by atoms with van der Waals surface area (Å²) < 4.78 is 25.7. The first-order chi connectivity index (χ1) is 11.0. The number of pyridine rings is 1. The first-order valence-electron chi connectivity index (χ1n) is 7.73. The summed E-state index contributed by atoms with van der Waals surface area (Å²) in [6.07, 6.45) is 4.76. The van der Waals surface area contributed by atoms with Crippen LogP contribution in [-0.4, -0.2) is 18.7 Å². The molecule has 1 aromatic heterocycles. The highest BCUT2D eigenvalue weighted by Crippen LogP contribution is 2.32. The zero-order valence-corrected chi connectivity index (χ0v) is 13.8. The standard InChI is InChI=1S/C18H18N2O2S/c1-13-6-8-14(9-7-13)15-10-18(17(11-19)20-12-15)23(21,22)16-4-2-3-5-16/h6-10,12,16H,2-5H2,1H3. The van der Waals surface area contributed by atoms with Gasteiger partial charge in [-0.3, -0.25) is 0 Å². The van der Waals surface area contributed by atoms with Crippen LogP contribution in [0.3, 0.4) is 0 Å². The van der Waals surface area contributed by atoms with Gasteiger partial charge >= 0.3 is 0 Å². The van der Waals surface area contributed by atoms with E-state index in [0.29, 0.717) is 12.8 Å². The van der Waals surface area contributed by atoms with Crippen LogP contribution in [0.2, 0.25) is 0 Å². The van der Waals surface area contributed by atoms with Gasteiger partial charge < -0.3 is 0 Å². The van der Waals surface area contributed by atoms with Crippen LogP contribution in [0.15, 0.2) is 41.4 Å². The molecular formula is C18H18N2O2S. The molecule has 0 unspecified atom stereocenters. The lowest BCUT2D eigenvalue weighted by molar-refractivity contribution is 0.579. The van der Waals surface area contributed by atoms with Gasteiger partial charge in [0.2, 0.25) is 0 Å². The summed E-state index contributed by atoms with van der Waals surface area (Å²) in [5, 5.41) is 8.86. The molecule has 3 rings (SSSR count). The zero-order chi connectivity index (χ0) is 16.4. The predicted molar refractivity (Wildman–Crippen MR) is 88.6 cm³/mol. The second-order valence-corrected chi connectivity index (χ2v) is 8.20. The van der Waals surface area contributed by atoms with Gasteiger partial charge in [-0.25, -0.2) is 13.4 Å². The van der Waals surface area contributed by atoms with Crippen LogP contribution in [0.1, 0.15) is 36.9 Å². The van der Waals surface area contributed by atoms with Gasteiger partial charge in [-0.15, -0.1) is 0 Å². The Labute approximate surface area is 136 Å². The second kappa shape index (κ2) is 6.13. The Balaban J connectivity index is 2.10. The lowest BCUT2D eigenvalue weighted by Gasteiger charge is -2.13. The number of aryl methyl sites for hydroxylation is 1. The summed E-state index contributed by atoms with van der Waals surface area (Å²) in [5.74, 6) is 0. The Morgan fingerprint density at radius 3 is 2.39 bits per heavy atom. The molecule has 1 heterocycles. The topological polar surface area (TPSA) is 70.8 Å². The Hall–Kier alpha value is -2.19. The van der Waals surface area contributed by atoms with E-state index < -0.39 is 9.84 Å². The average molecular weight is 326 g/mol. The van der Waals surface area contributed by atoms with Crippen molar-refractivity contribution in [3.05, 3.63) is 47.8 Å². The number of rotatable bonds is 3. The summed E-state index contributed by atoms with van der Waals surface area (Å²) in [6, 6.07) is 11.3. The Kier molecular flexibility index (Phi) is 4.18. The van der Waals surface area contributed by atoms with Crippen LogP contribution in [0.5, 0.6) is 0 Å². The van der Waals surface area contributed by atoms with E-state index >= 15 is 0 Å². The smallest absolute Gasteiger partial charge is 0.184 e. The van der Waals surface area contributed by atoms with Crippen molar-refractivity contribution in [3.63, 3.8) is 0 Å². The lowest BCUT2D eigenvalue weighted by Crippen LogP contribution is -2.19. The molecule has 0 saturated heterocycles. The van der Waals surface area contributed by atoms with Crippen LogP contribution >= 0.6 is 0 Å². The molecule has 1 aliphatic rings. The molecule has 1 aliphatic carbocycles. The van der Waals surface area contributed by atoms with E-state index in [2.05, 4.69) is 4.98 Å². The highest BCUT2D eigenvalue weighted by atomic mass is 32.2. The third-order valence-corrected chi connectivity index (χ3v) is 6.66. The summed E-state index contributed by atoms with van der Waals surface area (Å²) >= 11 is 0. The van der Waals surface area contributed by atoms with Crippen molar-refractivity contribution >= 4 is 9.84 Å². The maximum atomic E-state index is 12.9. The first kappa shape index (κ1) is 15.7. The molecule has 0 aliphatic heterocycles. The molecule has 23 heavy (non-hydrogen) atoms. The van der Waals surface area contributed by atoms with Crippen molar-refractivity contribution in [1.29, 1.82) is 5.26 Å². The van der Waals surface area contributed by atoms with Crippen LogP contribution in [0.25, 0.3) is 11.1 Å². The van der Waals surface area contributed by atoms with Gasteiger partial charge in [0.1, 0.15) is 11.0 Å². The molecule has 0 atom stereocenters. The monoisotopic (exact) mass is 326 g/mol. The van der Waals surface area contributed by atoms with E-state index in [1.807, 2.05) is 37.3 Å². The number of hydrogen-bond donors (Lipinski definition) is 0. The second-order valence-electron chi connectivity index (χ2n) is 6.00. The normalized spacial score (nSPS) is 15.5. The number of benzene rings is 1. The van der Waals surface area contributed by atoms with E-state index in [-0.39, 0.29) is 15.8 Å².